The molecule has 0 N–H and O–H groups in total. The van der Waals surface area contributed by atoms with E-state index in [0.717, 1.165) is 18.4 Å². The first kappa shape index (κ1) is 19.2. The maximum absolute atomic E-state index is 11.5. The zero-order chi connectivity index (χ0) is 16.9. The van der Waals surface area contributed by atoms with Crippen LogP contribution in [0.1, 0.15) is 32.3 Å². The summed E-state index contributed by atoms with van der Waals surface area (Å²) in [4.78, 5) is 22.8. The Morgan fingerprint density at radius 3 is 2.17 bits per heavy atom. The van der Waals surface area contributed by atoms with Crippen LogP contribution < -0.4 is 0 Å². The highest BCUT2D eigenvalue weighted by atomic mass is 16.6. The molecule has 0 heterocycles. The lowest BCUT2D eigenvalue weighted by molar-refractivity contribution is -0.155. The molecule has 0 saturated carbocycles. The molecular weight excluding hydrogens is 296 g/mol. The summed E-state index contributed by atoms with van der Waals surface area (Å²) in [7, 11) is 0. The fourth-order valence-electron chi connectivity index (χ4n) is 1.91. The number of hydrogen-bond acceptors (Lipinski definition) is 5. The van der Waals surface area contributed by atoms with E-state index < -0.39 is 11.9 Å². The predicted octanol–water partition coefficient (Wildman–Crippen LogP) is 2.77. The van der Waals surface area contributed by atoms with Gasteiger partial charge >= 0.3 is 11.9 Å². The minimum absolute atomic E-state index is 0.227. The molecule has 0 spiro atoms. The van der Waals surface area contributed by atoms with Crippen molar-refractivity contribution >= 4 is 11.9 Å². The molecule has 1 rings (SSSR count). The second kappa shape index (κ2) is 11.7. The van der Waals surface area contributed by atoms with Gasteiger partial charge in [0.1, 0.15) is 13.2 Å². The van der Waals surface area contributed by atoms with Gasteiger partial charge in [0.2, 0.25) is 0 Å². The third kappa shape index (κ3) is 10.5. The second-order valence-electron chi connectivity index (χ2n) is 5.71. The summed E-state index contributed by atoms with van der Waals surface area (Å²) < 4.78 is 15.0. The van der Waals surface area contributed by atoms with Gasteiger partial charge in [-0.3, -0.25) is 0 Å². The number of benzene rings is 1. The van der Waals surface area contributed by atoms with Gasteiger partial charge in [-0.05, 0) is 24.3 Å². The Bertz CT molecular complexity index is 456. The Balaban J connectivity index is 1.99. The van der Waals surface area contributed by atoms with E-state index in [1.165, 1.54) is 0 Å². The Morgan fingerprint density at radius 2 is 1.57 bits per heavy atom. The number of carbonyl (C=O) groups excluding carboxylic acids is 2. The van der Waals surface area contributed by atoms with Gasteiger partial charge in [-0.2, -0.15) is 0 Å². The van der Waals surface area contributed by atoms with E-state index in [-0.39, 0.29) is 13.2 Å². The van der Waals surface area contributed by atoms with Gasteiger partial charge in [-0.1, -0.05) is 44.2 Å². The maximum Gasteiger partial charge on any atom is 0.332 e. The molecule has 0 aliphatic heterocycles. The van der Waals surface area contributed by atoms with Gasteiger partial charge in [-0.25, -0.2) is 9.59 Å². The minimum Gasteiger partial charge on any atom is -0.464 e. The smallest absolute Gasteiger partial charge is 0.332 e. The van der Waals surface area contributed by atoms with Gasteiger partial charge < -0.3 is 14.2 Å². The van der Waals surface area contributed by atoms with E-state index in [1.807, 2.05) is 30.3 Å². The number of ether oxygens (including phenoxy) is 3. The molecular formula is C18H26O5. The minimum atomic E-state index is -0.478. The molecule has 0 unspecified atom stereocenters. The largest absolute Gasteiger partial charge is 0.464 e. The molecule has 128 valence electrons. The molecule has 0 amide bonds. The average molecular weight is 322 g/mol. The molecule has 0 bridgehead atoms. The summed E-state index contributed by atoms with van der Waals surface area (Å²) in [6, 6.07) is 9.75. The van der Waals surface area contributed by atoms with Crippen molar-refractivity contribution in [2.24, 2.45) is 5.92 Å². The molecule has 0 saturated heterocycles. The third-order valence-electron chi connectivity index (χ3n) is 3.13. The summed E-state index contributed by atoms with van der Waals surface area (Å²) in [6.45, 7) is 4.46. The highest BCUT2D eigenvalue weighted by molar-refractivity contribution is 5.73. The lowest BCUT2D eigenvalue weighted by Crippen LogP contribution is -2.19. The van der Waals surface area contributed by atoms with E-state index in [0.29, 0.717) is 25.6 Å². The van der Waals surface area contributed by atoms with E-state index in [4.69, 9.17) is 14.2 Å². The van der Waals surface area contributed by atoms with Crippen LogP contribution in [0.2, 0.25) is 0 Å². The highest BCUT2D eigenvalue weighted by Gasteiger charge is 2.07. The quantitative estimate of drug-likeness (QED) is 0.463. The first-order chi connectivity index (χ1) is 11.1. The molecule has 0 fully saturated rings. The van der Waals surface area contributed by atoms with Crippen molar-refractivity contribution in [1.29, 1.82) is 0 Å². The van der Waals surface area contributed by atoms with Crippen LogP contribution in [0.15, 0.2) is 30.3 Å². The van der Waals surface area contributed by atoms with Crippen LogP contribution in [0.4, 0.5) is 0 Å². The zero-order valence-electron chi connectivity index (χ0n) is 14.0. The van der Waals surface area contributed by atoms with Crippen molar-refractivity contribution in [2.45, 2.75) is 33.1 Å². The van der Waals surface area contributed by atoms with Crippen molar-refractivity contribution in [3.8, 4) is 0 Å². The van der Waals surface area contributed by atoms with Gasteiger partial charge in [0, 0.05) is 6.42 Å². The van der Waals surface area contributed by atoms with Crippen molar-refractivity contribution in [3.63, 3.8) is 0 Å². The topological polar surface area (TPSA) is 61.8 Å². The third-order valence-corrected chi connectivity index (χ3v) is 3.13. The predicted molar refractivity (Wildman–Crippen MR) is 87.0 cm³/mol. The lowest BCUT2D eigenvalue weighted by Gasteiger charge is -2.07. The number of carbonyl (C=O) groups is 2. The van der Waals surface area contributed by atoms with E-state index in [2.05, 4.69) is 13.8 Å². The summed E-state index contributed by atoms with van der Waals surface area (Å²) in [5, 5.41) is 0. The number of hydrogen-bond donors (Lipinski definition) is 0. The summed E-state index contributed by atoms with van der Waals surface area (Å²) >= 11 is 0. The van der Waals surface area contributed by atoms with E-state index in [1.54, 1.807) is 0 Å². The molecule has 0 aromatic heterocycles. The monoisotopic (exact) mass is 322 g/mol. The zero-order valence-corrected chi connectivity index (χ0v) is 14.0. The molecule has 0 aliphatic carbocycles. The number of rotatable bonds is 11. The van der Waals surface area contributed by atoms with Gasteiger partial charge in [0.05, 0.1) is 13.2 Å². The van der Waals surface area contributed by atoms with Crippen molar-refractivity contribution < 1.29 is 23.8 Å². The molecule has 0 aliphatic rings. The van der Waals surface area contributed by atoms with E-state index in [9.17, 15) is 9.59 Å². The molecule has 23 heavy (non-hydrogen) atoms. The van der Waals surface area contributed by atoms with Gasteiger partial charge in [0.15, 0.2) is 0 Å². The Hall–Kier alpha value is -1.88. The molecule has 5 heteroatoms. The first-order valence-corrected chi connectivity index (χ1v) is 8.01. The van der Waals surface area contributed by atoms with Crippen molar-refractivity contribution in [3.05, 3.63) is 35.9 Å². The Morgan fingerprint density at radius 1 is 0.957 bits per heavy atom. The van der Waals surface area contributed by atoms with Crippen LogP contribution in [0.25, 0.3) is 0 Å². The molecule has 1 aromatic carbocycles. The normalized spacial score (nSPS) is 10.6. The van der Waals surface area contributed by atoms with Crippen molar-refractivity contribution in [2.75, 3.05) is 26.4 Å². The average Bonchev–Trinajstić information content (AvgIpc) is 2.52. The SMILES string of the molecule is CC(C)CCCOC(=O)COCC(=O)OCCc1ccccc1. The molecule has 5 nitrogen and oxygen atoms in total. The summed E-state index contributed by atoms with van der Waals surface area (Å²) in [5.41, 5.74) is 1.10. The lowest BCUT2D eigenvalue weighted by atomic mass is 10.1. The van der Waals surface area contributed by atoms with E-state index >= 15 is 0 Å². The van der Waals surface area contributed by atoms with Crippen LogP contribution in [-0.4, -0.2) is 38.4 Å². The standard InChI is InChI=1S/C18H26O5/c1-15(2)7-6-11-22-17(19)13-21-14-18(20)23-12-10-16-8-4-3-5-9-16/h3-5,8-9,15H,6-7,10-14H2,1-2H3. The fraction of sp³-hybridized carbons (Fsp3) is 0.556. The van der Waals surface area contributed by atoms with Crippen LogP contribution in [0.5, 0.6) is 0 Å². The van der Waals surface area contributed by atoms with Gasteiger partial charge in [0.25, 0.3) is 0 Å². The summed E-state index contributed by atoms with van der Waals surface area (Å²) in [6.07, 6.45) is 2.51. The van der Waals surface area contributed by atoms with Gasteiger partial charge in [-0.15, -0.1) is 0 Å². The molecule has 0 radical (unpaired) electrons. The van der Waals surface area contributed by atoms with Crippen LogP contribution in [0.3, 0.4) is 0 Å². The second-order valence-corrected chi connectivity index (χ2v) is 5.71. The molecule has 1 aromatic rings. The van der Waals surface area contributed by atoms with Crippen LogP contribution in [0, 0.1) is 5.92 Å². The Kier molecular flexibility index (Phi) is 9.71. The highest BCUT2D eigenvalue weighted by Crippen LogP contribution is 2.03. The fourth-order valence-corrected chi connectivity index (χ4v) is 1.91. The summed E-state index contributed by atoms with van der Waals surface area (Å²) in [5.74, 6) is -0.338. The van der Waals surface area contributed by atoms with Crippen LogP contribution in [-0.2, 0) is 30.2 Å². The Labute approximate surface area is 137 Å². The maximum atomic E-state index is 11.5. The van der Waals surface area contributed by atoms with Crippen molar-refractivity contribution in [1.82, 2.24) is 0 Å². The number of esters is 2. The van der Waals surface area contributed by atoms with Crippen LogP contribution >= 0.6 is 0 Å². The first-order valence-electron chi connectivity index (χ1n) is 8.01. The molecule has 0 atom stereocenters.